The van der Waals surface area contributed by atoms with E-state index in [2.05, 4.69) is 0 Å². The molecule has 0 saturated heterocycles. The third-order valence-corrected chi connectivity index (χ3v) is 2.77. The summed E-state index contributed by atoms with van der Waals surface area (Å²) >= 11 is 1.52. The smallest absolute Gasteiger partial charge is 0.186 e. The van der Waals surface area contributed by atoms with Crippen LogP contribution in [0.15, 0.2) is 0 Å². The molecule has 1 fully saturated rings. The second kappa shape index (κ2) is 3.25. The average Bonchev–Trinajstić information content (AvgIpc) is 2.15. The van der Waals surface area contributed by atoms with Crippen LogP contribution >= 0.6 is 11.8 Å². The highest BCUT2D eigenvalue weighted by Crippen LogP contribution is 2.29. The Morgan fingerprint density at radius 2 is 2.00 bits per heavy atom. The molecule has 1 nitrogen and oxygen atoms in total. The average molecular weight is 144 g/mol. The van der Waals surface area contributed by atoms with Crippen LogP contribution in [-0.2, 0) is 4.79 Å². The van der Waals surface area contributed by atoms with Crippen molar-refractivity contribution >= 4 is 16.9 Å². The fourth-order valence-electron chi connectivity index (χ4n) is 1.24. The van der Waals surface area contributed by atoms with Gasteiger partial charge in [-0.3, -0.25) is 4.79 Å². The molecule has 0 aromatic carbocycles. The predicted molar refractivity (Wildman–Crippen MR) is 40.5 cm³/mol. The first-order valence-corrected chi connectivity index (χ1v) is 4.34. The van der Waals surface area contributed by atoms with E-state index in [9.17, 15) is 4.79 Å². The van der Waals surface area contributed by atoms with Gasteiger partial charge in [0.2, 0.25) is 0 Å². The Labute approximate surface area is 60.2 Å². The summed E-state index contributed by atoms with van der Waals surface area (Å²) in [4.78, 5) is 10.6. The highest BCUT2D eigenvalue weighted by atomic mass is 32.2. The van der Waals surface area contributed by atoms with Gasteiger partial charge in [-0.15, -0.1) is 0 Å². The molecule has 0 bridgehead atoms. The molecule has 1 aliphatic carbocycles. The topological polar surface area (TPSA) is 17.1 Å². The fraction of sp³-hybridized carbons (Fsp3) is 0.857. The zero-order valence-electron chi connectivity index (χ0n) is 5.72. The molecule has 0 amide bonds. The largest absolute Gasteiger partial charge is 0.288 e. The Bertz CT molecular complexity index is 105. The lowest BCUT2D eigenvalue weighted by atomic mass is 10.4. The standard InChI is InChI=1S/C7H12OS/c1-6(8)9-7-4-2-3-5-7/h7H,2-5H2,1H3. The lowest BCUT2D eigenvalue weighted by molar-refractivity contribution is -0.109. The third kappa shape index (κ3) is 2.39. The van der Waals surface area contributed by atoms with E-state index in [4.69, 9.17) is 0 Å². The second-order valence-electron chi connectivity index (χ2n) is 2.52. The number of carbonyl (C=O) groups excluding carboxylic acids is 1. The molecule has 0 radical (unpaired) electrons. The zero-order valence-corrected chi connectivity index (χ0v) is 6.54. The summed E-state index contributed by atoms with van der Waals surface area (Å²) in [5.74, 6) is 0. The van der Waals surface area contributed by atoms with Crippen LogP contribution in [0.4, 0.5) is 0 Å². The minimum absolute atomic E-state index is 0.280. The van der Waals surface area contributed by atoms with Gasteiger partial charge in [0.1, 0.15) is 0 Å². The Hall–Kier alpha value is 0.0200. The van der Waals surface area contributed by atoms with Crippen molar-refractivity contribution in [3.8, 4) is 0 Å². The minimum Gasteiger partial charge on any atom is -0.288 e. The lowest BCUT2D eigenvalue weighted by Crippen LogP contribution is -1.97. The maximum absolute atomic E-state index is 10.6. The van der Waals surface area contributed by atoms with Crippen molar-refractivity contribution in [3.05, 3.63) is 0 Å². The fourth-order valence-corrected chi connectivity index (χ4v) is 2.28. The van der Waals surface area contributed by atoms with Crippen LogP contribution in [0.2, 0.25) is 0 Å². The van der Waals surface area contributed by atoms with Crippen molar-refractivity contribution in [2.75, 3.05) is 0 Å². The van der Waals surface area contributed by atoms with Crippen LogP contribution in [0.3, 0.4) is 0 Å². The first-order valence-electron chi connectivity index (χ1n) is 3.46. The van der Waals surface area contributed by atoms with E-state index < -0.39 is 0 Å². The molecule has 0 aromatic heterocycles. The molecule has 9 heavy (non-hydrogen) atoms. The lowest BCUT2D eigenvalue weighted by Gasteiger charge is -2.02. The van der Waals surface area contributed by atoms with Crippen molar-refractivity contribution in [3.63, 3.8) is 0 Å². The van der Waals surface area contributed by atoms with Gasteiger partial charge in [-0.25, -0.2) is 0 Å². The van der Waals surface area contributed by atoms with E-state index in [1.165, 1.54) is 37.4 Å². The van der Waals surface area contributed by atoms with Gasteiger partial charge in [-0.05, 0) is 12.8 Å². The number of rotatable bonds is 1. The Balaban J connectivity index is 2.19. The Kier molecular flexibility index (Phi) is 2.58. The van der Waals surface area contributed by atoms with Gasteiger partial charge in [0.25, 0.3) is 0 Å². The van der Waals surface area contributed by atoms with Crippen LogP contribution in [0.25, 0.3) is 0 Å². The molecule has 0 N–H and O–H groups in total. The monoisotopic (exact) mass is 144 g/mol. The zero-order chi connectivity index (χ0) is 6.69. The van der Waals surface area contributed by atoms with Crippen molar-refractivity contribution in [1.82, 2.24) is 0 Å². The quantitative estimate of drug-likeness (QED) is 0.561. The van der Waals surface area contributed by atoms with Crippen LogP contribution in [-0.4, -0.2) is 10.4 Å². The van der Waals surface area contributed by atoms with Crippen molar-refractivity contribution in [2.45, 2.75) is 37.9 Å². The summed E-state index contributed by atoms with van der Waals surface area (Å²) in [6, 6.07) is 0. The molecule has 0 spiro atoms. The summed E-state index contributed by atoms with van der Waals surface area (Å²) in [6.07, 6.45) is 5.16. The highest BCUT2D eigenvalue weighted by molar-refractivity contribution is 8.14. The Morgan fingerprint density at radius 3 is 2.44 bits per heavy atom. The molecule has 0 aromatic rings. The van der Waals surface area contributed by atoms with Crippen LogP contribution in [0.1, 0.15) is 32.6 Å². The first-order chi connectivity index (χ1) is 4.29. The van der Waals surface area contributed by atoms with Crippen molar-refractivity contribution in [1.29, 1.82) is 0 Å². The van der Waals surface area contributed by atoms with Gasteiger partial charge in [0.15, 0.2) is 5.12 Å². The van der Waals surface area contributed by atoms with Gasteiger partial charge in [0, 0.05) is 12.2 Å². The molecule has 1 aliphatic rings. The summed E-state index contributed by atoms with van der Waals surface area (Å²) in [7, 11) is 0. The SMILES string of the molecule is CC(=O)SC1CCCC1. The molecule has 0 unspecified atom stereocenters. The Morgan fingerprint density at radius 1 is 1.44 bits per heavy atom. The predicted octanol–water partition coefficient (Wildman–Crippen LogP) is 2.21. The number of hydrogen-bond acceptors (Lipinski definition) is 2. The van der Waals surface area contributed by atoms with Gasteiger partial charge in [0.05, 0.1) is 0 Å². The summed E-state index contributed by atoms with van der Waals surface area (Å²) in [5.41, 5.74) is 0. The van der Waals surface area contributed by atoms with Gasteiger partial charge in [-0.2, -0.15) is 0 Å². The normalized spacial score (nSPS) is 20.6. The van der Waals surface area contributed by atoms with E-state index in [-0.39, 0.29) is 5.12 Å². The minimum atomic E-state index is 0.280. The van der Waals surface area contributed by atoms with Crippen molar-refractivity contribution < 1.29 is 4.79 Å². The molecule has 2 heteroatoms. The number of hydrogen-bond donors (Lipinski definition) is 0. The molecule has 1 saturated carbocycles. The van der Waals surface area contributed by atoms with E-state index in [0.717, 1.165) is 0 Å². The van der Waals surface area contributed by atoms with E-state index in [0.29, 0.717) is 5.25 Å². The van der Waals surface area contributed by atoms with E-state index in [1.54, 1.807) is 6.92 Å². The van der Waals surface area contributed by atoms with Crippen LogP contribution in [0.5, 0.6) is 0 Å². The maximum atomic E-state index is 10.6. The number of thioether (sulfide) groups is 1. The molecule has 0 atom stereocenters. The number of carbonyl (C=O) groups is 1. The molecular formula is C7H12OS. The molecule has 52 valence electrons. The van der Waals surface area contributed by atoms with Gasteiger partial charge in [-0.1, -0.05) is 24.6 Å². The van der Waals surface area contributed by atoms with E-state index >= 15 is 0 Å². The molecular weight excluding hydrogens is 132 g/mol. The molecule has 1 rings (SSSR count). The summed E-state index contributed by atoms with van der Waals surface area (Å²) in [5, 5.41) is 0.935. The summed E-state index contributed by atoms with van der Waals surface area (Å²) < 4.78 is 0. The molecule has 0 heterocycles. The van der Waals surface area contributed by atoms with Crippen LogP contribution < -0.4 is 0 Å². The van der Waals surface area contributed by atoms with E-state index in [1.807, 2.05) is 0 Å². The second-order valence-corrected chi connectivity index (χ2v) is 3.99. The highest BCUT2D eigenvalue weighted by Gasteiger charge is 2.16. The van der Waals surface area contributed by atoms with Crippen LogP contribution in [0, 0.1) is 0 Å². The first kappa shape index (κ1) is 7.13. The van der Waals surface area contributed by atoms with Gasteiger partial charge < -0.3 is 0 Å². The van der Waals surface area contributed by atoms with Crippen molar-refractivity contribution in [2.24, 2.45) is 0 Å². The molecule has 0 aliphatic heterocycles. The third-order valence-electron chi connectivity index (χ3n) is 1.63. The van der Waals surface area contributed by atoms with Gasteiger partial charge >= 0.3 is 0 Å². The maximum Gasteiger partial charge on any atom is 0.186 e. The summed E-state index contributed by atoms with van der Waals surface area (Å²) in [6.45, 7) is 1.66.